The second-order valence-electron chi connectivity index (χ2n) is 8.36. The number of carbonyl (C=O) groups is 4. The first-order valence-electron chi connectivity index (χ1n) is 10.9. The lowest BCUT2D eigenvalue weighted by atomic mass is 9.93. The van der Waals surface area contributed by atoms with Crippen LogP contribution in [-0.2, 0) is 35.0 Å². The molecule has 3 N–H and O–H groups in total. The summed E-state index contributed by atoms with van der Waals surface area (Å²) in [5.74, 6) is 3.07. The van der Waals surface area contributed by atoms with Gasteiger partial charge in [0.2, 0.25) is 6.29 Å². The van der Waals surface area contributed by atoms with E-state index in [1.165, 1.54) is 26.0 Å². The number of ether oxygens (including phenoxy) is 5. The molecule has 11 nitrogen and oxygen atoms in total. The summed E-state index contributed by atoms with van der Waals surface area (Å²) in [4.78, 5) is 48.4. The molecule has 0 saturated carbocycles. The molecule has 0 heterocycles. The fourth-order valence-corrected chi connectivity index (χ4v) is 2.46. The topological polar surface area (TPSA) is 152 Å². The van der Waals surface area contributed by atoms with Gasteiger partial charge >= 0.3 is 24.1 Å². The maximum atomic E-state index is 12.7. The highest BCUT2D eigenvalue weighted by Crippen LogP contribution is 2.31. The van der Waals surface area contributed by atoms with Crippen LogP contribution >= 0.6 is 0 Å². The van der Waals surface area contributed by atoms with Gasteiger partial charge in [0.15, 0.2) is 11.5 Å². The molecule has 190 valence electrons. The molecule has 2 atom stereocenters. The highest BCUT2D eigenvalue weighted by Gasteiger charge is 2.36. The van der Waals surface area contributed by atoms with Gasteiger partial charge in [0.05, 0.1) is 18.4 Å². The standard InChI is InChI=1S/C23H34N2O9/c1-8-30-22(29)32-15(6)31-21(28)23(7,25-24)12-16-9-10-17(33-19(26)13(2)3)18(11-16)34-20(27)14(4)5/h9-11,13-15,25H,8,12,24H2,1-7H3/t15-,23-/m0/s1. The highest BCUT2D eigenvalue weighted by atomic mass is 16.8. The molecule has 1 aromatic carbocycles. The largest absolute Gasteiger partial charge is 0.511 e. The van der Waals surface area contributed by atoms with Gasteiger partial charge in [-0.1, -0.05) is 33.8 Å². The van der Waals surface area contributed by atoms with Gasteiger partial charge in [-0.3, -0.25) is 15.4 Å². The number of esters is 3. The molecule has 0 aliphatic carbocycles. The third-order valence-corrected chi connectivity index (χ3v) is 4.50. The first-order valence-corrected chi connectivity index (χ1v) is 10.9. The van der Waals surface area contributed by atoms with Crippen LogP contribution in [0.25, 0.3) is 0 Å². The summed E-state index contributed by atoms with van der Waals surface area (Å²) in [5, 5.41) is 0. The minimum Gasteiger partial charge on any atom is -0.435 e. The van der Waals surface area contributed by atoms with Crippen LogP contribution in [0.3, 0.4) is 0 Å². The van der Waals surface area contributed by atoms with E-state index in [4.69, 9.17) is 24.8 Å². The van der Waals surface area contributed by atoms with E-state index in [9.17, 15) is 19.2 Å². The van der Waals surface area contributed by atoms with Crippen molar-refractivity contribution in [3.8, 4) is 11.5 Å². The van der Waals surface area contributed by atoms with Crippen molar-refractivity contribution in [1.82, 2.24) is 5.43 Å². The van der Waals surface area contributed by atoms with Gasteiger partial charge in [-0.2, -0.15) is 0 Å². The summed E-state index contributed by atoms with van der Waals surface area (Å²) in [5.41, 5.74) is 1.49. The molecule has 0 bridgehead atoms. The van der Waals surface area contributed by atoms with Gasteiger partial charge < -0.3 is 23.7 Å². The number of nitrogens with two attached hydrogens (primary N) is 1. The predicted octanol–water partition coefficient (Wildman–Crippen LogP) is 2.64. The van der Waals surface area contributed by atoms with Crippen LogP contribution in [0.15, 0.2) is 18.2 Å². The molecule has 0 fully saturated rings. The van der Waals surface area contributed by atoms with Crippen molar-refractivity contribution < 1.29 is 42.9 Å². The van der Waals surface area contributed by atoms with Crippen molar-refractivity contribution in [2.24, 2.45) is 17.7 Å². The fourth-order valence-electron chi connectivity index (χ4n) is 2.46. The Labute approximate surface area is 199 Å². The van der Waals surface area contributed by atoms with E-state index in [2.05, 4.69) is 10.2 Å². The quantitative estimate of drug-likeness (QED) is 0.157. The van der Waals surface area contributed by atoms with E-state index in [0.717, 1.165) is 0 Å². The van der Waals surface area contributed by atoms with Gasteiger partial charge in [-0.05, 0) is 31.5 Å². The van der Waals surface area contributed by atoms with E-state index in [1.54, 1.807) is 40.7 Å². The van der Waals surface area contributed by atoms with Gasteiger partial charge in [0.25, 0.3) is 0 Å². The molecule has 0 spiro atoms. The molecule has 0 saturated heterocycles. The number of hydrazine groups is 1. The summed E-state index contributed by atoms with van der Waals surface area (Å²) < 4.78 is 25.4. The van der Waals surface area contributed by atoms with Crippen LogP contribution < -0.4 is 20.7 Å². The molecule has 34 heavy (non-hydrogen) atoms. The van der Waals surface area contributed by atoms with Gasteiger partial charge in [-0.25, -0.2) is 15.0 Å². The zero-order valence-corrected chi connectivity index (χ0v) is 20.6. The van der Waals surface area contributed by atoms with Crippen LogP contribution in [0.2, 0.25) is 0 Å². The Balaban J connectivity index is 3.12. The lowest BCUT2D eigenvalue weighted by molar-refractivity contribution is -0.175. The van der Waals surface area contributed by atoms with Gasteiger partial charge in [-0.15, -0.1) is 0 Å². The maximum absolute atomic E-state index is 12.7. The van der Waals surface area contributed by atoms with Crippen LogP contribution in [0.1, 0.15) is 54.0 Å². The Hall–Kier alpha value is -3.18. The predicted molar refractivity (Wildman–Crippen MR) is 120 cm³/mol. The molecule has 0 radical (unpaired) electrons. The number of hydrogen-bond donors (Lipinski definition) is 2. The SMILES string of the molecule is CCOC(=O)O[C@@H](C)OC(=O)[C@](C)(Cc1ccc(OC(=O)C(C)C)c(OC(=O)C(C)C)c1)NN. The molecule has 11 heteroatoms. The minimum absolute atomic E-state index is 0.000897. The Morgan fingerprint density at radius 1 is 0.941 bits per heavy atom. The monoisotopic (exact) mass is 482 g/mol. The molecule has 0 aromatic heterocycles. The van der Waals surface area contributed by atoms with E-state index >= 15 is 0 Å². The Bertz CT molecular complexity index is 885. The van der Waals surface area contributed by atoms with Crippen LogP contribution in [0.5, 0.6) is 11.5 Å². The zero-order chi connectivity index (χ0) is 26.1. The molecule has 0 unspecified atom stereocenters. The number of rotatable bonds is 11. The first-order chi connectivity index (χ1) is 15.8. The Kier molecular flexibility index (Phi) is 10.9. The highest BCUT2D eigenvalue weighted by molar-refractivity contribution is 5.81. The number of nitrogens with one attached hydrogen (secondary N) is 1. The van der Waals surface area contributed by atoms with E-state index < -0.39 is 47.7 Å². The number of carbonyl (C=O) groups excluding carboxylic acids is 4. The lowest BCUT2D eigenvalue weighted by Crippen LogP contribution is -2.56. The number of benzene rings is 1. The molecule has 1 rings (SSSR count). The van der Waals surface area contributed by atoms with E-state index in [-0.39, 0.29) is 24.5 Å². The van der Waals surface area contributed by atoms with Crippen LogP contribution in [0, 0.1) is 11.8 Å². The molecular formula is C23H34N2O9. The summed E-state index contributed by atoms with van der Waals surface area (Å²) in [6, 6.07) is 4.54. The molecule has 0 amide bonds. The zero-order valence-electron chi connectivity index (χ0n) is 20.6. The molecular weight excluding hydrogens is 448 g/mol. The summed E-state index contributed by atoms with van der Waals surface area (Å²) in [7, 11) is 0. The summed E-state index contributed by atoms with van der Waals surface area (Å²) in [6.07, 6.45) is -2.20. The van der Waals surface area contributed by atoms with E-state index in [0.29, 0.717) is 5.56 Å². The average Bonchev–Trinajstić information content (AvgIpc) is 2.74. The second kappa shape index (κ2) is 12.9. The van der Waals surface area contributed by atoms with Crippen molar-refractivity contribution in [1.29, 1.82) is 0 Å². The van der Waals surface area contributed by atoms with Crippen molar-refractivity contribution in [3.05, 3.63) is 23.8 Å². The lowest BCUT2D eigenvalue weighted by Gasteiger charge is -2.28. The van der Waals surface area contributed by atoms with Crippen molar-refractivity contribution in [2.45, 2.75) is 66.7 Å². The van der Waals surface area contributed by atoms with E-state index in [1.807, 2.05) is 0 Å². The van der Waals surface area contributed by atoms with Crippen LogP contribution in [-0.4, -0.2) is 42.5 Å². The van der Waals surface area contributed by atoms with Crippen molar-refractivity contribution in [2.75, 3.05) is 6.61 Å². The molecule has 1 aromatic rings. The number of hydrogen-bond acceptors (Lipinski definition) is 11. The third kappa shape index (κ3) is 8.64. The van der Waals surface area contributed by atoms with Crippen LogP contribution in [0.4, 0.5) is 4.79 Å². The Morgan fingerprint density at radius 2 is 1.50 bits per heavy atom. The van der Waals surface area contributed by atoms with Crippen molar-refractivity contribution in [3.63, 3.8) is 0 Å². The normalized spacial score (nSPS) is 13.6. The smallest absolute Gasteiger partial charge is 0.435 e. The second-order valence-corrected chi connectivity index (χ2v) is 8.36. The summed E-state index contributed by atoms with van der Waals surface area (Å²) in [6.45, 7) is 11.2. The molecule has 0 aliphatic heterocycles. The summed E-state index contributed by atoms with van der Waals surface area (Å²) >= 11 is 0. The average molecular weight is 483 g/mol. The van der Waals surface area contributed by atoms with Gasteiger partial charge in [0.1, 0.15) is 5.54 Å². The third-order valence-electron chi connectivity index (χ3n) is 4.50. The minimum atomic E-state index is -1.44. The van der Waals surface area contributed by atoms with Crippen molar-refractivity contribution >= 4 is 24.1 Å². The Morgan fingerprint density at radius 3 is 2.00 bits per heavy atom. The van der Waals surface area contributed by atoms with Gasteiger partial charge in [0, 0.05) is 13.3 Å². The first kappa shape index (κ1) is 28.9. The maximum Gasteiger partial charge on any atom is 0.511 e. The fraction of sp³-hybridized carbons (Fsp3) is 0.565. The molecule has 0 aliphatic rings.